The van der Waals surface area contributed by atoms with Gasteiger partial charge in [-0.2, -0.15) is 5.10 Å². The highest BCUT2D eigenvalue weighted by molar-refractivity contribution is 5.72. The van der Waals surface area contributed by atoms with Gasteiger partial charge in [0, 0.05) is 17.2 Å². The predicted molar refractivity (Wildman–Crippen MR) is 114 cm³/mol. The van der Waals surface area contributed by atoms with Crippen LogP contribution in [0.2, 0.25) is 0 Å². The van der Waals surface area contributed by atoms with Crippen LogP contribution >= 0.6 is 0 Å². The van der Waals surface area contributed by atoms with Crippen LogP contribution in [0.25, 0.3) is 28.2 Å². The molecule has 1 heterocycles. The minimum absolute atomic E-state index is 0.134. The lowest BCUT2D eigenvalue weighted by molar-refractivity contribution is -0.394. The zero-order valence-corrected chi connectivity index (χ0v) is 16.3. The van der Waals surface area contributed by atoms with E-state index in [1.54, 1.807) is 19.2 Å². The molecule has 4 aromatic rings. The summed E-state index contributed by atoms with van der Waals surface area (Å²) in [5.41, 5.74) is 2.16. The van der Waals surface area contributed by atoms with E-state index in [2.05, 4.69) is 5.10 Å². The fourth-order valence-electron chi connectivity index (χ4n) is 3.23. The zero-order chi connectivity index (χ0) is 22.0. The molecule has 0 aliphatic rings. The summed E-state index contributed by atoms with van der Waals surface area (Å²) in [6.07, 6.45) is 0. The van der Waals surface area contributed by atoms with E-state index < -0.39 is 15.5 Å². The largest absolute Gasteiger partial charge is 0.497 e. The highest BCUT2D eigenvalue weighted by Crippen LogP contribution is 2.34. The van der Waals surface area contributed by atoms with Crippen molar-refractivity contribution in [3.63, 3.8) is 0 Å². The Morgan fingerprint density at radius 2 is 1.55 bits per heavy atom. The fourth-order valence-corrected chi connectivity index (χ4v) is 3.23. The van der Waals surface area contributed by atoms with E-state index in [0.29, 0.717) is 17.1 Å². The van der Waals surface area contributed by atoms with Crippen molar-refractivity contribution >= 4 is 11.4 Å². The molecule has 0 fully saturated rings. The maximum atomic E-state index is 11.7. The maximum absolute atomic E-state index is 11.7. The van der Waals surface area contributed by atoms with Crippen molar-refractivity contribution in [1.82, 2.24) is 9.78 Å². The van der Waals surface area contributed by atoms with Crippen molar-refractivity contribution in [3.8, 4) is 34.0 Å². The molecule has 154 valence electrons. The molecule has 9 heteroatoms. The number of hydrogen-bond donors (Lipinski definition) is 0. The molecule has 3 aromatic carbocycles. The van der Waals surface area contributed by atoms with Crippen molar-refractivity contribution in [2.24, 2.45) is 0 Å². The first-order valence-corrected chi connectivity index (χ1v) is 9.21. The molecule has 0 amide bonds. The van der Waals surface area contributed by atoms with Gasteiger partial charge in [0.05, 0.1) is 34.4 Å². The number of aromatic nitrogens is 2. The third-order valence-corrected chi connectivity index (χ3v) is 4.76. The van der Waals surface area contributed by atoms with Gasteiger partial charge < -0.3 is 4.74 Å². The summed E-state index contributed by atoms with van der Waals surface area (Å²) in [5, 5.41) is 27.4. The van der Waals surface area contributed by atoms with Crippen molar-refractivity contribution in [2.45, 2.75) is 0 Å². The monoisotopic (exact) mass is 416 g/mol. The second-order valence-electron chi connectivity index (χ2n) is 6.61. The normalized spacial score (nSPS) is 10.6. The van der Waals surface area contributed by atoms with E-state index in [9.17, 15) is 20.2 Å². The first-order chi connectivity index (χ1) is 15.0. The van der Waals surface area contributed by atoms with Crippen LogP contribution < -0.4 is 4.74 Å². The van der Waals surface area contributed by atoms with Crippen molar-refractivity contribution in [3.05, 3.63) is 99.1 Å². The SMILES string of the molecule is COc1ccc(-c2cc(-c3ccccc3)n(-c3ccc([N+](=O)[O-])cc3[N+](=O)[O-])n2)cc1. The molecule has 1 aromatic heterocycles. The molecule has 4 rings (SSSR count). The average Bonchev–Trinajstić information content (AvgIpc) is 3.24. The average molecular weight is 416 g/mol. The van der Waals surface area contributed by atoms with Crippen LogP contribution in [-0.4, -0.2) is 26.7 Å². The first kappa shape index (κ1) is 19.8. The maximum Gasteiger partial charge on any atom is 0.301 e. The summed E-state index contributed by atoms with van der Waals surface area (Å²) in [4.78, 5) is 21.5. The van der Waals surface area contributed by atoms with Gasteiger partial charge >= 0.3 is 5.69 Å². The summed E-state index contributed by atoms with van der Waals surface area (Å²) < 4.78 is 6.63. The van der Waals surface area contributed by atoms with Gasteiger partial charge in [-0.25, -0.2) is 4.68 Å². The Morgan fingerprint density at radius 1 is 0.839 bits per heavy atom. The second-order valence-corrected chi connectivity index (χ2v) is 6.61. The van der Waals surface area contributed by atoms with Crippen LogP contribution in [0.1, 0.15) is 0 Å². The molecule has 0 N–H and O–H groups in total. The van der Waals surface area contributed by atoms with E-state index in [1.165, 1.54) is 16.8 Å². The van der Waals surface area contributed by atoms with Crippen molar-refractivity contribution < 1.29 is 14.6 Å². The number of hydrogen-bond acceptors (Lipinski definition) is 6. The molecule has 0 spiro atoms. The molecule has 0 radical (unpaired) electrons. The van der Waals surface area contributed by atoms with Crippen LogP contribution in [0.4, 0.5) is 11.4 Å². The summed E-state index contributed by atoms with van der Waals surface area (Å²) in [6, 6.07) is 21.9. The Kier molecular flexibility index (Phi) is 5.15. The third-order valence-electron chi connectivity index (χ3n) is 4.76. The molecule has 0 aliphatic carbocycles. The van der Waals surface area contributed by atoms with Gasteiger partial charge in [0.1, 0.15) is 11.4 Å². The lowest BCUT2D eigenvalue weighted by atomic mass is 10.1. The molecule has 0 atom stereocenters. The van der Waals surface area contributed by atoms with Crippen LogP contribution in [0.15, 0.2) is 78.9 Å². The van der Waals surface area contributed by atoms with Gasteiger partial charge in [0.25, 0.3) is 5.69 Å². The van der Waals surface area contributed by atoms with Crippen molar-refractivity contribution in [1.29, 1.82) is 0 Å². The number of nitro benzene ring substituents is 2. The number of ether oxygens (including phenoxy) is 1. The Bertz CT molecular complexity index is 1270. The van der Waals surface area contributed by atoms with Crippen LogP contribution in [0, 0.1) is 20.2 Å². The topological polar surface area (TPSA) is 113 Å². The number of rotatable bonds is 6. The second kappa shape index (κ2) is 8.07. The quantitative estimate of drug-likeness (QED) is 0.322. The molecule has 0 saturated heterocycles. The van der Waals surface area contributed by atoms with Gasteiger partial charge in [0.15, 0.2) is 0 Å². The third kappa shape index (κ3) is 3.84. The standard InChI is InChI=1S/C22H16N4O5/c1-31-18-10-7-15(8-11-18)19-14-21(16-5-3-2-4-6-16)24(23-19)20-12-9-17(25(27)28)13-22(20)26(29)30/h2-14H,1H3. The molecular formula is C22H16N4O5. The molecule has 31 heavy (non-hydrogen) atoms. The molecule has 0 bridgehead atoms. The van der Waals surface area contributed by atoms with Gasteiger partial charge in [-0.3, -0.25) is 20.2 Å². The predicted octanol–water partition coefficient (Wildman–Crippen LogP) is 5.03. The summed E-state index contributed by atoms with van der Waals surface area (Å²) >= 11 is 0. The van der Waals surface area contributed by atoms with Gasteiger partial charge in [0.2, 0.25) is 0 Å². The number of nitro groups is 2. The van der Waals surface area contributed by atoms with E-state index >= 15 is 0 Å². The Balaban J connectivity index is 1.93. The summed E-state index contributed by atoms with van der Waals surface area (Å²) in [7, 11) is 1.57. The van der Waals surface area contributed by atoms with Gasteiger partial charge in [-0.1, -0.05) is 30.3 Å². The molecule has 0 saturated carbocycles. The minimum atomic E-state index is -0.666. The van der Waals surface area contributed by atoms with Gasteiger partial charge in [-0.15, -0.1) is 0 Å². The van der Waals surface area contributed by atoms with E-state index in [0.717, 1.165) is 17.2 Å². The van der Waals surface area contributed by atoms with E-state index in [1.807, 2.05) is 48.5 Å². The molecule has 9 nitrogen and oxygen atoms in total. The molecule has 0 unspecified atom stereocenters. The summed E-state index contributed by atoms with van der Waals surface area (Å²) in [6.45, 7) is 0. The fraction of sp³-hybridized carbons (Fsp3) is 0.0455. The Hall–Kier alpha value is -4.53. The van der Waals surface area contributed by atoms with E-state index in [-0.39, 0.29) is 11.4 Å². The smallest absolute Gasteiger partial charge is 0.301 e. The van der Waals surface area contributed by atoms with Crippen LogP contribution in [-0.2, 0) is 0 Å². The lowest BCUT2D eigenvalue weighted by Gasteiger charge is -2.08. The first-order valence-electron chi connectivity index (χ1n) is 9.21. The molecular weight excluding hydrogens is 400 g/mol. The Morgan fingerprint density at radius 3 is 2.16 bits per heavy atom. The van der Waals surface area contributed by atoms with Crippen molar-refractivity contribution in [2.75, 3.05) is 7.11 Å². The number of nitrogens with zero attached hydrogens (tertiary/aromatic N) is 4. The number of benzene rings is 3. The Labute approximate surface area is 176 Å². The van der Waals surface area contributed by atoms with Gasteiger partial charge in [-0.05, 0) is 36.4 Å². The number of methoxy groups -OCH3 is 1. The summed E-state index contributed by atoms with van der Waals surface area (Å²) in [5.74, 6) is 0.692. The van der Waals surface area contributed by atoms with E-state index in [4.69, 9.17) is 4.74 Å². The minimum Gasteiger partial charge on any atom is -0.497 e. The molecule has 0 aliphatic heterocycles. The number of non-ortho nitro benzene ring substituents is 1. The highest BCUT2D eigenvalue weighted by atomic mass is 16.6. The lowest BCUT2D eigenvalue weighted by Crippen LogP contribution is -2.04. The van der Waals surface area contributed by atoms with Crippen LogP contribution in [0.3, 0.4) is 0 Å². The highest BCUT2D eigenvalue weighted by Gasteiger charge is 2.24. The van der Waals surface area contributed by atoms with Crippen LogP contribution in [0.5, 0.6) is 5.75 Å². The zero-order valence-electron chi connectivity index (χ0n) is 16.3.